The minimum atomic E-state index is -2.43. The van der Waals surface area contributed by atoms with Gasteiger partial charge in [-0.3, -0.25) is 4.18 Å². The van der Waals surface area contributed by atoms with Crippen LogP contribution in [0.4, 0.5) is 0 Å². The van der Waals surface area contributed by atoms with Gasteiger partial charge in [0, 0.05) is 3.57 Å². The summed E-state index contributed by atoms with van der Waals surface area (Å²) in [5, 5.41) is 0. The average Bonchev–Trinajstić information content (AvgIpc) is 2.01. The lowest BCUT2D eigenvalue weighted by atomic mass is 10.2. The molecule has 0 bridgehead atoms. The Labute approximate surface area is 86.8 Å². The summed E-state index contributed by atoms with van der Waals surface area (Å²) in [4.78, 5) is 0. The zero-order valence-electron chi connectivity index (χ0n) is 6.03. The van der Waals surface area contributed by atoms with Crippen molar-refractivity contribution in [2.75, 3.05) is 0 Å². The standard InChI is InChI=1S/C7H7IO3S/c8-7-3-1-2-6(4-7)5-11-12(9)10/h1-4H,5H2,(H,9,10)/p-1. The molecule has 3 nitrogen and oxygen atoms in total. The fourth-order valence-corrected chi connectivity index (χ4v) is 1.58. The van der Waals surface area contributed by atoms with Gasteiger partial charge in [0.15, 0.2) is 0 Å². The fraction of sp³-hybridized carbons (Fsp3) is 0.143. The molecule has 1 aromatic carbocycles. The summed E-state index contributed by atoms with van der Waals surface area (Å²) in [5.41, 5.74) is 0.853. The van der Waals surface area contributed by atoms with Crippen molar-refractivity contribution in [3.63, 3.8) is 0 Å². The van der Waals surface area contributed by atoms with E-state index in [1.807, 2.05) is 24.3 Å². The monoisotopic (exact) mass is 297 g/mol. The molecular formula is C7H6IO3S-. The fourth-order valence-electron chi connectivity index (χ4n) is 0.743. The summed E-state index contributed by atoms with van der Waals surface area (Å²) < 4.78 is 25.5. The topological polar surface area (TPSA) is 49.4 Å². The molecule has 12 heavy (non-hydrogen) atoms. The number of halogens is 1. The van der Waals surface area contributed by atoms with Gasteiger partial charge in [0.2, 0.25) is 0 Å². The number of hydrogen-bond donors (Lipinski definition) is 0. The van der Waals surface area contributed by atoms with Crippen molar-refractivity contribution in [3.05, 3.63) is 33.4 Å². The minimum absolute atomic E-state index is 0.104. The molecule has 0 amide bonds. The Kier molecular flexibility index (Phi) is 4.13. The molecule has 0 N–H and O–H groups in total. The van der Waals surface area contributed by atoms with Crippen molar-refractivity contribution >= 4 is 34.0 Å². The summed E-state index contributed by atoms with van der Waals surface area (Å²) in [6, 6.07) is 7.47. The molecule has 0 saturated heterocycles. The van der Waals surface area contributed by atoms with Gasteiger partial charge in [-0.25, -0.2) is 4.21 Å². The van der Waals surface area contributed by atoms with E-state index in [1.165, 1.54) is 0 Å². The van der Waals surface area contributed by atoms with E-state index in [-0.39, 0.29) is 6.61 Å². The van der Waals surface area contributed by atoms with Crippen LogP contribution in [0.1, 0.15) is 5.56 Å². The molecule has 1 aromatic rings. The molecule has 1 atom stereocenters. The van der Waals surface area contributed by atoms with Crippen LogP contribution in [0.25, 0.3) is 0 Å². The van der Waals surface area contributed by atoms with E-state index < -0.39 is 11.4 Å². The van der Waals surface area contributed by atoms with Gasteiger partial charge in [0.25, 0.3) is 0 Å². The third-order valence-corrected chi connectivity index (χ3v) is 2.19. The molecule has 0 aliphatic carbocycles. The summed E-state index contributed by atoms with van der Waals surface area (Å²) in [6.07, 6.45) is 0. The second-order valence-corrected chi connectivity index (χ2v) is 3.99. The normalized spacial score (nSPS) is 12.8. The van der Waals surface area contributed by atoms with Gasteiger partial charge in [-0.2, -0.15) is 0 Å². The molecule has 0 radical (unpaired) electrons. The minimum Gasteiger partial charge on any atom is -0.750 e. The van der Waals surface area contributed by atoms with Crippen molar-refractivity contribution in [1.29, 1.82) is 0 Å². The zero-order valence-corrected chi connectivity index (χ0v) is 9.00. The summed E-state index contributed by atoms with van der Waals surface area (Å²) >= 11 is -0.272. The molecule has 1 unspecified atom stereocenters. The second kappa shape index (κ2) is 4.90. The number of rotatable bonds is 3. The quantitative estimate of drug-likeness (QED) is 0.629. The Morgan fingerprint density at radius 3 is 2.92 bits per heavy atom. The molecule has 5 heteroatoms. The van der Waals surface area contributed by atoms with Crippen molar-refractivity contribution in [1.82, 2.24) is 0 Å². The van der Waals surface area contributed by atoms with Gasteiger partial charge in [0.05, 0.1) is 18.0 Å². The first-order valence-electron chi connectivity index (χ1n) is 3.15. The number of hydrogen-bond acceptors (Lipinski definition) is 3. The van der Waals surface area contributed by atoms with Gasteiger partial charge in [0.1, 0.15) is 0 Å². The molecule has 0 aliphatic heterocycles. The largest absolute Gasteiger partial charge is 0.750 e. The molecule has 0 aromatic heterocycles. The van der Waals surface area contributed by atoms with Gasteiger partial charge >= 0.3 is 0 Å². The molecule has 0 saturated carbocycles. The van der Waals surface area contributed by atoms with Crippen molar-refractivity contribution in [2.45, 2.75) is 6.61 Å². The first-order valence-corrected chi connectivity index (χ1v) is 5.23. The first kappa shape index (κ1) is 10.1. The highest BCUT2D eigenvalue weighted by Gasteiger charge is 1.93. The summed E-state index contributed by atoms with van der Waals surface area (Å²) in [6.45, 7) is 0.104. The van der Waals surface area contributed by atoms with Crippen LogP contribution in [0.15, 0.2) is 24.3 Å². The van der Waals surface area contributed by atoms with E-state index in [4.69, 9.17) is 0 Å². The highest BCUT2D eigenvalue weighted by Crippen LogP contribution is 2.08. The van der Waals surface area contributed by atoms with Crippen LogP contribution in [-0.4, -0.2) is 8.76 Å². The van der Waals surface area contributed by atoms with Crippen molar-refractivity contribution in [3.8, 4) is 0 Å². The average molecular weight is 297 g/mol. The first-order chi connectivity index (χ1) is 5.68. The van der Waals surface area contributed by atoms with Gasteiger partial charge in [-0.1, -0.05) is 12.1 Å². The van der Waals surface area contributed by atoms with E-state index >= 15 is 0 Å². The van der Waals surface area contributed by atoms with E-state index in [9.17, 15) is 8.76 Å². The van der Waals surface area contributed by atoms with Crippen LogP contribution in [0.5, 0.6) is 0 Å². The molecule has 0 spiro atoms. The Hall–Kier alpha value is 0.0200. The zero-order chi connectivity index (χ0) is 8.97. The molecular weight excluding hydrogens is 291 g/mol. The third kappa shape index (κ3) is 3.61. The van der Waals surface area contributed by atoms with Crippen LogP contribution in [-0.2, 0) is 22.2 Å². The third-order valence-electron chi connectivity index (χ3n) is 1.21. The van der Waals surface area contributed by atoms with Gasteiger partial charge < -0.3 is 4.55 Å². The van der Waals surface area contributed by atoms with Gasteiger partial charge in [-0.15, -0.1) is 0 Å². The van der Waals surface area contributed by atoms with Crippen LogP contribution < -0.4 is 0 Å². The van der Waals surface area contributed by atoms with Gasteiger partial charge in [-0.05, 0) is 40.3 Å². The summed E-state index contributed by atoms with van der Waals surface area (Å²) in [7, 11) is 0. The molecule has 0 fully saturated rings. The van der Waals surface area contributed by atoms with E-state index in [0.717, 1.165) is 9.13 Å². The Bertz CT molecular complexity index is 290. The van der Waals surface area contributed by atoms with E-state index in [0.29, 0.717) is 0 Å². The Morgan fingerprint density at radius 2 is 2.33 bits per heavy atom. The summed E-state index contributed by atoms with van der Waals surface area (Å²) in [5.74, 6) is 0. The highest BCUT2D eigenvalue weighted by atomic mass is 127. The SMILES string of the molecule is O=S([O-])OCc1cccc(I)c1. The van der Waals surface area contributed by atoms with E-state index in [2.05, 4.69) is 26.8 Å². The molecule has 0 aliphatic rings. The van der Waals surface area contributed by atoms with Crippen LogP contribution in [0.2, 0.25) is 0 Å². The number of benzene rings is 1. The maximum atomic E-state index is 10.0. The predicted molar refractivity (Wildman–Crippen MR) is 52.9 cm³/mol. The van der Waals surface area contributed by atoms with Crippen LogP contribution >= 0.6 is 22.6 Å². The van der Waals surface area contributed by atoms with Crippen LogP contribution in [0.3, 0.4) is 0 Å². The second-order valence-electron chi connectivity index (χ2n) is 2.10. The highest BCUT2D eigenvalue weighted by molar-refractivity contribution is 14.1. The molecule has 66 valence electrons. The Balaban J connectivity index is 2.57. The predicted octanol–water partition coefficient (Wildman–Crippen LogP) is 1.60. The van der Waals surface area contributed by atoms with Crippen molar-refractivity contribution in [2.24, 2.45) is 0 Å². The maximum Gasteiger partial charge on any atom is 0.0880 e. The van der Waals surface area contributed by atoms with Crippen molar-refractivity contribution < 1.29 is 12.9 Å². The van der Waals surface area contributed by atoms with E-state index in [1.54, 1.807) is 0 Å². The lowest BCUT2D eigenvalue weighted by molar-refractivity contribution is 0.291. The maximum absolute atomic E-state index is 10.0. The van der Waals surface area contributed by atoms with Crippen LogP contribution in [0, 0.1) is 3.57 Å². The Morgan fingerprint density at radius 1 is 1.58 bits per heavy atom. The molecule has 1 rings (SSSR count). The lowest BCUT2D eigenvalue weighted by Crippen LogP contribution is -1.95. The lowest BCUT2D eigenvalue weighted by Gasteiger charge is -2.05. The molecule has 0 heterocycles. The smallest absolute Gasteiger partial charge is 0.0880 e.